The summed E-state index contributed by atoms with van der Waals surface area (Å²) in [4.78, 5) is 12.2. The zero-order chi connectivity index (χ0) is 15.5. The number of nitrogens with one attached hydrogen (secondary N) is 1. The molecule has 0 spiro atoms. The van der Waals surface area contributed by atoms with Gasteiger partial charge in [-0.1, -0.05) is 12.5 Å². The van der Waals surface area contributed by atoms with Crippen molar-refractivity contribution in [1.82, 2.24) is 5.32 Å². The summed E-state index contributed by atoms with van der Waals surface area (Å²) < 4.78 is 6.11. The Morgan fingerprint density at radius 1 is 1.52 bits per heavy atom. The van der Waals surface area contributed by atoms with Crippen molar-refractivity contribution < 1.29 is 9.53 Å². The summed E-state index contributed by atoms with van der Waals surface area (Å²) in [5.41, 5.74) is 6.90. The molecule has 3 N–H and O–H groups in total. The number of amides is 1. The molecule has 1 aromatic rings. The number of hydrogen-bond acceptors (Lipinski definition) is 3. The van der Waals surface area contributed by atoms with Crippen LogP contribution in [0, 0.1) is 5.41 Å². The SMILES string of the molecule is COc1ccc(C(C)NC(=O)CC2(CN)CCC2)cc1Br. The molecule has 1 atom stereocenters. The molecule has 0 aromatic heterocycles. The highest BCUT2D eigenvalue weighted by Crippen LogP contribution is 2.43. The van der Waals surface area contributed by atoms with Crippen LogP contribution in [-0.4, -0.2) is 19.6 Å². The summed E-state index contributed by atoms with van der Waals surface area (Å²) in [5.74, 6) is 0.869. The fourth-order valence-corrected chi connectivity index (χ4v) is 3.36. The Labute approximate surface area is 134 Å². The minimum absolute atomic E-state index is 0.0328. The maximum Gasteiger partial charge on any atom is 0.221 e. The summed E-state index contributed by atoms with van der Waals surface area (Å²) in [7, 11) is 1.63. The highest BCUT2D eigenvalue weighted by Gasteiger charge is 2.37. The van der Waals surface area contributed by atoms with Crippen LogP contribution < -0.4 is 15.8 Å². The summed E-state index contributed by atoms with van der Waals surface area (Å²) in [5, 5.41) is 3.06. The van der Waals surface area contributed by atoms with Crippen LogP contribution in [0.4, 0.5) is 0 Å². The average Bonchev–Trinajstić information content (AvgIpc) is 2.42. The molecule has 0 heterocycles. The molecule has 1 saturated carbocycles. The molecular weight excluding hydrogens is 332 g/mol. The number of ether oxygens (including phenoxy) is 1. The van der Waals surface area contributed by atoms with E-state index in [1.54, 1.807) is 7.11 Å². The molecule has 0 saturated heterocycles. The van der Waals surface area contributed by atoms with E-state index >= 15 is 0 Å². The molecule has 1 amide bonds. The first-order valence-corrected chi connectivity index (χ1v) is 8.12. The van der Waals surface area contributed by atoms with Crippen molar-refractivity contribution in [3.63, 3.8) is 0 Å². The number of hydrogen-bond donors (Lipinski definition) is 2. The van der Waals surface area contributed by atoms with Gasteiger partial charge >= 0.3 is 0 Å². The van der Waals surface area contributed by atoms with Crippen molar-refractivity contribution in [2.24, 2.45) is 11.1 Å². The first-order valence-electron chi connectivity index (χ1n) is 7.32. The Bertz CT molecular complexity index is 509. The summed E-state index contributed by atoms with van der Waals surface area (Å²) in [6, 6.07) is 5.81. The van der Waals surface area contributed by atoms with Crippen molar-refractivity contribution in [3.8, 4) is 5.75 Å². The zero-order valence-electron chi connectivity index (χ0n) is 12.6. The van der Waals surface area contributed by atoms with Crippen LogP contribution in [0.1, 0.15) is 44.2 Å². The van der Waals surface area contributed by atoms with E-state index in [1.165, 1.54) is 6.42 Å². The predicted octanol–water partition coefficient (Wildman–Crippen LogP) is 3.15. The summed E-state index contributed by atoms with van der Waals surface area (Å²) in [6.45, 7) is 2.59. The highest BCUT2D eigenvalue weighted by molar-refractivity contribution is 9.10. The van der Waals surface area contributed by atoms with Gasteiger partial charge in [0.2, 0.25) is 5.91 Å². The van der Waals surface area contributed by atoms with Crippen LogP contribution in [0.3, 0.4) is 0 Å². The van der Waals surface area contributed by atoms with E-state index in [0.29, 0.717) is 13.0 Å². The average molecular weight is 355 g/mol. The van der Waals surface area contributed by atoms with Gasteiger partial charge in [0.05, 0.1) is 17.6 Å². The molecular formula is C16H23BrN2O2. The van der Waals surface area contributed by atoms with Gasteiger partial charge in [-0.15, -0.1) is 0 Å². The van der Waals surface area contributed by atoms with Crippen molar-refractivity contribution >= 4 is 21.8 Å². The number of halogens is 1. The van der Waals surface area contributed by atoms with Crippen LogP contribution >= 0.6 is 15.9 Å². The Morgan fingerprint density at radius 2 is 2.24 bits per heavy atom. The number of carbonyl (C=O) groups excluding carboxylic acids is 1. The van der Waals surface area contributed by atoms with Crippen LogP contribution in [-0.2, 0) is 4.79 Å². The van der Waals surface area contributed by atoms with E-state index < -0.39 is 0 Å². The third kappa shape index (κ3) is 3.77. The van der Waals surface area contributed by atoms with Crippen LogP contribution in [0.5, 0.6) is 5.75 Å². The third-order valence-electron chi connectivity index (χ3n) is 4.44. The lowest BCUT2D eigenvalue weighted by Gasteiger charge is -2.40. The predicted molar refractivity (Wildman–Crippen MR) is 87.2 cm³/mol. The molecule has 1 aromatic carbocycles. The van der Waals surface area contributed by atoms with Crippen molar-refractivity contribution in [3.05, 3.63) is 28.2 Å². The van der Waals surface area contributed by atoms with E-state index in [2.05, 4.69) is 21.2 Å². The van der Waals surface area contributed by atoms with Gasteiger partial charge in [0.25, 0.3) is 0 Å². The normalized spacial score (nSPS) is 17.7. The largest absolute Gasteiger partial charge is 0.496 e. The second-order valence-electron chi connectivity index (χ2n) is 5.92. The standard InChI is InChI=1S/C16H23BrN2O2/c1-11(12-4-5-14(21-2)13(17)8-12)19-15(20)9-16(10-18)6-3-7-16/h4-5,8,11H,3,6-7,9-10,18H2,1-2H3,(H,19,20). The topological polar surface area (TPSA) is 64.3 Å². The quantitative estimate of drug-likeness (QED) is 0.824. The monoisotopic (exact) mass is 354 g/mol. The van der Waals surface area contributed by atoms with Gasteiger partial charge in [0, 0.05) is 6.42 Å². The molecule has 116 valence electrons. The molecule has 4 nitrogen and oxygen atoms in total. The maximum atomic E-state index is 12.2. The van der Waals surface area contributed by atoms with E-state index in [4.69, 9.17) is 10.5 Å². The Hall–Kier alpha value is -1.07. The lowest BCUT2D eigenvalue weighted by molar-refractivity contribution is -0.125. The van der Waals surface area contributed by atoms with Gasteiger partial charge in [-0.05, 0) is 65.4 Å². The molecule has 1 unspecified atom stereocenters. The van der Waals surface area contributed by atoms with Crippen molar-refractivity contribution in [2.75, 3.05) is 13.7 Å². The van der Waals surface area contributed by atoms with Gasteiger partial charge in [-0.3, -0.25) is 4.79 Å². The lowest BCUT2D eigenvalue weighted by Crippen LogP contribution is -2.42. The van der Waals surface area contributed by atoms with Gasteiger partial charge in [0.15, 0.2) is 0 Å². The van der Waals surface area contributed by atoms with Gasteiger partial charge in [-0.25, -0.2) is 0 Å². The number of methoxy groups -OCH3 is 1. The van der Waals surface area contributed by atoms with Gasteiger partial charge < -0.3 is 15.8 Å². The third-order valence-corrected chi connectivity index (χ3v) is 5.06. The van der Waals surface area contributed by atoms with E-state index in [9.17, 15) is 4.79 Å². The highest BCUT2D eigenvalue weighted by atomic mass is 79.9. The minimum Gasteiger partial charge on any atom is -0.496 e. The fourth-order valence-electron chi connectivity index (χ4n) is 2.80. The first-order chi connectivity index (χ1) is 9.99. The molecule has 1 aliphatic carbocycles. The Kier molecular flexibility index (Phi) is 5.27. The summed E-state index contributed by atoms with van der Waals surface area (Å²) in [6.07, 6.45) is 3.86. The molecule has 21 heavy (non-hydrogen) atoms. The Morgan fingerprint density at radius 3 is 2.71 bits per heavy atom. The Balaban J connectivity index is 1.96. The zero-order valence-corrected chi connectivity index (χ0v) is 14.2. The number of carbonyl (C=O) groups is 1. The molecule has 2 rings (SSSR count). The molecule has 0 aliphatic heterocycles. The molecule has 5 heteroatoms. The lowest BCUT2D eigenvalue weighted by atomic mass is 9.66. The van der Waals surface area contributed by atoms with E-state index in [-0.39, 0.29) is 17.4 Å². The van der Waals surface area contributed by atoms with Crippen LogP contribution in [0.25, 0.3) is 0 Å². The smallest absolute Gasteiger partial charge is 0.221 e. The molecule has 1 fully saturated rings. The second-order valence-corrected chi connectivity index (χ2v) is 6.77. The second kappa shape index (κ2) is 6.79. The minimum atomic E-state index is -0.0328. The fraction of sp³-hybridized carbons (Fsp3) is 0.562. The number of nitrogens with two attached hydrogens (primary N) is 1. The molecule has 1 aliphatic rings. The molecule has 0 radical (unpaired) electrons. The van der Waals surface area contributed by atoms with E-state index in [1.807, 2.05) is 25.1 Å². The van der Waals surface area contributed by atoms with Crippen LogP contribution in [0.15, 0.2) is 22.7 Å². The van der Waals surface area contributed by atoms with Gasteiger partial charge in [-0.2, -0.15) is 0 Å². The summed E-state index contributed by atoms with van der Waals surface area (Å²) >= 11 is 3.47. The number of rotatable bonds is 6. The van der Waals surface area contributed by atoms with Crippen molar-refractivity contribution in [1.29, 1.82) is 0 Å². The van der Waals surface area contributed by atoms with Gasteiger partial charge in [0.1, 0.15) is 5.75 Å². The van der Waals surface area contributed by atoms with E-state index in [0.717, 1.165) is 28.6 Å². The first kappa shape index (κ1) is 16.3. The van der Waals surface area contributed by atoms with Crippen molar-refractivity contribution in [2.45, 2.75) is 38.6 Å². The van der Waals surface area contributed by atoms with Crippen LogP contribution in [0.2, 0.25) is 0 Å². The number of benzene rings is 1. The maximum absolute atomic E-state index is 12.2. The molecule has 0 bridgehead atoms.